The topological polar surface area (TPSA) is 0 Å². The zero-order valence-corrected chi connectivity index (χ0v) is 8.27. The van der Waals surface area contributed by atoms with Gasteiger partial charge in [0.2, 0.25) is 0 Å². The van der Waals surface area contributed by atoms with Crippen LogP contribution in [0.5, 0.6) is 0 Å². The van der Waals surface area contributed by atoms with Crippen LogP contribution in [0.4, 0.5) is 0 Å². The van der Waals surface area contributed by atoms with Gasteiger partial charge in [-0.25, -0.2) is 0 Å². The van der Waals surface area contributed by atoms with E-state index in [1.165, 1.54) is 32.1 Å². The minimum atomic E-state index is 0.921. The summed E-state index contributed by atoms with van der Waals surface area (Å²) in [6.07, 6.45) is 7.40. The molecule has 1 aliphatic rings. The summed E-state index contributed by atoms with van der Waals surface area (Å²) >= 11 is 0. The van der Waals surface area contributed by atoms with Crippen molar-refractivity contribution in [2.24, 2.45) is 11.8 Å². The van der Waals surface area contributed by atoms with Crippen LogP contribution in [0.1, 0.15) is 46.0 Å². The highest BCUT2D eigenvalue weighted by Crippen LogP contribution is 2.36. The number of hydrogen-bond acceptors (Lipinski definition) is 0. The van der Waals surface area contributed by atoms with Crippen molar-refractivity contribution in [3.8, 4) is 0 Å². The molecule has 3 atom stereocenters. The van der Waals surface area contributed by atoms with E-state index in [4.69, 9.17) is 0 Å². The Kier molecular flexibility index (Phi) is 3.48. The van der Waals surface area contributed by atoms with E-state index in [2.05, 4.69) is 21.7 Å². The Hall–Kier alpha value is 0.0649. The molecule has 0 aromatic carbocycles. The molecule has 1 saturated carbocycles. The summed E-state index contributed by atoms with van der Waals surface area (Å²) in [6.45, 7) is 4.72. The molecule has 0 nitrogen and oxygen atoms in total. The highest BCUT2D eigenvalue weighted by Gasteiger charge is 2.22. The van der Waals surface area contributed by atoms with E-state index >= 15 is 0 Å². The molecule has 3 unspecified atom stereocenters. The van der Waals surface area contributed by atoms with Crippen molar-refractivity contribution in [2.45, 2.75) is 51.8 Å². The second-order valence-corrected chi connectivity index (χ2v) is 4.44. The van der Waals surface area contributed by atoms with Crippen LogP contribution in [-0.4, -0.2) is 7.85 Å². The predicted octanol–water partition coefficient (Wildman–Crippen LogP) is 2.64. The van der Waals surface area contributed by atoms with Gasteiger partial charge in [-0.3, -0.25) is 0 Å². The lowest BCUT2D eigenvalue weighted by atomic mass is 9.68. The molecule has 0 aromatic rings. The Balaban J connectivity index is 2.33. The number of hydrogen-bond donors (Lipinski definition) is 0. The first kappa shape index (κ1) is 9.16. The smallest absolute Gasteiger partial charge is 0.0697 e. The van der Waals surface area contributed by atoms with E-state index in [1.807, 2.05) is 0 Å². The molecule has 0 heterocycles. The molecule has 64 valence electrons. The summed E-state index contributed by atoms with van der Waals surface area (Å²) < 4.78 is 0. The van der Waals surface area contributed by atoms with Gasteiger partial charge in [-0.2, -0.15) is 0 Å². The molecule has 1 aliphatic carbocycles. The van der Waals surface area contributed by atoms with E-state index in [9.17, 15) is 0 Å². The van der Waals surface area contributed by atoms with Crippen molar-refractivity contribution < 1.29 is 0 Å². The van der Waals surface area contributed by atoms with Crippen LogP contribution in [0.15, 0.2) is 0 Å². The van der Waals surface area contributed by atoms with Crippen molar-refractivity contribution in [3.05, 3.63) is 0 Å². The Bertz CT molecular complexity index is 109. The molecular weight excluding hydrogens is 131 g/mol. The molecule has 0 bridgehead atoms. The minimum absolute atomic E-state index is 0.921. The average molecular weight is 152 g/mol. The van der Waals surface area contributed by atoms with Crippen LogP contribution < -0.4 is 0 Å². The first-order valence-electron chi connectivity index (χ1n) is 5.24. The molecule has 0 radical (unpaired) electrons. The third-order valence-corrected chi connectivity index (χ3v) is 3.34. The molecule has 1 fully saturated rings. The molecule has 0 spiro atoms. The summed E-state index contributed by atoms with van der Waals surface area (Å²) in [4.78, 5) is 0. The summed E-state index contributed by atoms with van der Waals surface area (Å²) in [5.74, 6) is 3.01. The largest absolute Gasteiger partial charge is 0.105 e. The molecular formula is C10H21B. The van der Waals surface area contributed by atoms with Gasteiger partial charge >= 0.3 is 0 Å². The van der Waals surface area contributed by atoms with Gasteiger partial charge in [-0.1, -0.05) is 45.3 Å². The van der Waals surface area contributed by atoms with Crippen LogP contribution in [-0.2, 0) is 0 Å². The molecule has 0 N–H and O–H groups in total. The first-order valence-corrected chi connectivity index (χ1v) is 5.24. The first-order chi connectivity index (χ1) is 5.24. The second-order valence-electron chi connectivity index (χ2n) is 4.44. The van der Waals surface area contributed by atoms with E-state index in [0.717, 1.165) is 17.7 Å². The van der Waals surface area contributed by atoms with Gasteiger partial charge in [0, 0.05) is 0 Å². The monoisotopic (exact) mass is 152 g/mol. The Morgan fingerprint density at radius 3 is 2.73 bits per heavy atom. The van der Waals surface area contributed by atoms with Crippen molar-refractivity contribution in [1.29, 1.82) is 0 Å². The maximum atomic E-state index is 2.38. The molecule has 0 aromatic heterocycles. The summed E-state index contributed by atoms with van der Waals surface area (Å²) in [5.41, 5.74) is 0. The van der Waals surface area contributed by atoms with E-state index in [1.54, 1.807) is 0 Å². The quantitative estimate of drug-likeness (QED) is 0.533. The fourth-order valence-electron chi connectivity index (χ4n) is 2.31. The third kappa shape index (κ3) is 2.54. The van der Waals surface area contributed by atoms with Gasteiger partial charge in [0.15, 0.2) is 0 Å². The molecule has 1 rings (SSSR count). The van der Waals surface area contributed by atoms with Gasteiger partial charge in [-0.05, 0) is 18.3 Å². The molecule has 0 aliphatic heterocycles. The van der Waals surface area contributed by atoms with Gasteiger partial charge in [0.1, 0.15) is 7.85 Å². The van der Waals surface area contributed by atoms with Gasteiger partial charge in [-0.15, -0.1) is 0 Å². The van der Waals surface area contributed by atoms with Crippen LogP contribution in [0.2, 0.25) is 5.82 Å². The van der Waals surface area contributed by atoms with Crippen LogP contribution in [0, 0.1) is 11.8 Å². The molecule has 1 heteroatoms. The van der Waals surface area contributed by atoms with Crippen molar-refractivity contribution in [3.63, 3.8) is 0 Å². The van der Waals surface area contributed by atoms with Gasteiger partial charge < -0.3 is 0 Å². The Morgan fingerprint density at radius 1 is 1.45 bits per heavy atom. The predicted molar refractivity (Wildman–Crippen MR) is 53.7 cm³/mol. The number of rotatable bonds is 2. The standard InChI is InChI=1S/C10H21B/c1-3-9-5-4-6-10(7-9)8(2)11/h8-10H,3-7,11H2,1-2H3. The van der Waals surface area contributed by atoms with Crippen LogP contribution in [0.25, 0.3) is 0 Å². The lowest BCUT2D eigenvalue weighted by molar-refractivity contribution is 0.256. The average Bonchev–Trinajstić information content (AvgIpc) is 2.05. The minimum Gasteiger partial charge on any atom is -0.0697 e. The van der Waals surface area contributed by atoms with E-state index < -0.39 is 0 Å². The van der Waals surface area contributed by atoms with Crippen LogP contribution >= 0.6 is 0 Å². The Labute approximate surface area is 72.2 Å². The summed E-state index contributed by atoms with van der Waals surface area (Å²) in [6, 6.07) is 0. The normalized spacial score (nSPS) is 35.1. The summed E-state index contributed by atoms with van der Waals surface area (Å²) in [7, 11) is 2.38. The van der Waals surface area contributed by atoms with Crippen molar-refractivity contribution >= 4 is 7.85 Å². The second kappa shape index (κ2) is 4.18. The highest BCUT2D eigenvalue weighted by molar-refractivity contribution is 6.11. The Morgan fingerprint density at radius 2 is 2.18 bits per heavy atom. The fraction of sp³-hybridized carbons (Fsp3) is 1.00. The summed E-state index contributed by atoms with van der Waals surface area (Å²) in [5, 5.41) is 0. The zero-order chi connectivity index (χ0) is 8.27. The van der Waals surface area contributed by atoms with Crippen molar-refractivity contribution in [2.75, 3.05) is 0 Å². The fourth-order valence-corrected chi connectivity index (χ4v) is 2.31. The molecule has 11 heavy (non-hydrogen) atoms. The van der Waals surface area contributed by atoms with Gasteiger partial charge in [0.25, 0.3) is 0 Å². The zero-order valence-electron chi connectivity index (χ0n) is 8.27. The third-order valence-electron chi connectivity index (χ3n) is 3.34. The highest BCUT2D eigenvalue weighted by atomic mass is 14.3. The molecule has 0 saturated heterocycles. The van der Waals surface area contributed by atoms with E-state index in [-0.39, 0.29) is 0 Å². The lowest BCUT2D eigenvalue weighted by Gasteiger charge is -2.31. The lowest BCUT2D eigenvalue weighted by Crippen LogP contribution is -2.17. The SMILES string of the molecule is BC(C)C1CCCC(CC)C1. The van der Waals surface area contributed by atoms with Gasteiger partial charge in [0.05, 0.1) is 0 Å². The van der Waals surface area contributed by atoms with Crippen molar-refractivity contribution in [1.82, 2.24) is 0 Å². The van der Waals surface area contributed by atoms with E-state index in [0.29, 0.717) is 0 Å². The maximum Gasteiger partial charge on any atom is 0.105 e. The molecule has 0 amide bonds. The van der Waals surface area contributed by atoms with Crippen LogP contribution in [0.3, 0.4) is 0 Å². The maximum absolute atomic E-state index is 2.38.